The maximum absolute atomic E-state index is 5.96. The molecule has 0 spiro atoms. The summed E-state index contributed by atoms with van der Waals surface area (Å²) in [7, 11) is 0. The molecule has 0 fully saturated rings. The average molecular weight is 313 g/mol. The molecule has 0 aliphatic carbocycles. The summed E-state index contributed by atoms with van der Waals surface area (Å²) in [5, 5.41) is 11.4. The highest BCUT2D eigenvalue weighted by Gasteiger charge is 2.11. The number of unbranched alkanes of at least 4 members (excludes halogenated alkanes) is 1. The Labute approximate surface area is 134 Å². The summed E-state index contributed by atoms with van der Waals surface area (Å²) >= 11 is 5.96. The quantitative estimate of drug-likeness (QED) is 0.613. The molecular weight excluding hydrogens is 296 g/mol. The highest BCUT2D eigenvalue weighted by Crippen LogP contribution is 2.31. The number of rotatable bonds is 5. The van der Waals surface area contributed by atoms with Crippen LogP contribution in [0.4, 0.5) is 0 Å². The van der Waals surface area contributed by atoms with Crippen molar-refractivity contribution >= 4 is 22.4 Å². The van der Waals surface area contributed by atoms with Crippen LogP contribution in [0.5, 0.6) is 5.88 Å². The first kappa shape index (κ1) is 14.8. The molecule has 0 amide bonds. The van der Waals surface area contributed by atoms with Gasteiger partial charge in [-0.15, -0.1) is 10.2 Å². The first-order chi connectivity index (χ1) is 10.8. The Morgan fingerprint density at radius 2 is 1.68 bits per heavy atom. The number of hydrogen-bond acceptors (Lipinski definition) is 3. The second-order valence-corrected chi connectivity index (χ2v) is 5.54. The lowest BCUT2D eigenvalue weighted by Crippen LogP contribution is -2.01. The molecule has 0 unspecified atom stereocenters. The summed E-state index contributed by atoms with van der Waals surface area (Å²) in [6.45, 7) is 2.80. The van der Waals surface area contributed by atoms with Gasteiger partial charge in [-0.1, -0.05) is 55.3 Å². The van der Waals surface area contributed by atoms with Gasteiger partial charge in [-0.05, 0) is 24.6 Å². The van der Waals surface area contributed by atoms with Crippen LogP contribution in [0.2, 0.25) is 5.02 Å². The third-order valence-electron chi connectivity index (χ3n) is 3.51. The molecule has 3 nitrogen and oxygen atoms in total. The van der Waals surface area contributed by atoms with Crippen LogP contribution in [-0.2, 0) is 0 Å². The van der Waals surface area contributed by atoms with Crippen LogP contribution >= 0.6 is 11.6 Å². The summed E-state index contributed by atoms with van der Waals surface area (Å²) in [4.78, 5) is 0. The van der Waals surface area contributed by atoms with Crippen LogP contribution in [0.1, 0.15) is 19.8 Å². The third kappa shape index (κ3) is 3.04. The lowest BCUT2D eigenvalue weighted by Gasteiger charge is -2.10. The van der Waals surface area contributed by atoms with Crippen molar-refractivity contribution in [2.24, 2.45) is 0 Å². The normalized spacial score (nSPS) is 10.8. The lowest BCUT2D eigenvalue weighted by atomic mass is 10.1. The second-order valence-electron chi connectivity index (χ2n) is 5.11. The number of ether oxygens (including phenoxy) is 1. The largest absolute Gasteiger partial charge is 0.476 e. The van der Waals surface area contributed by atoms with Gasteiger partial charge < -0.3 is 4.74 Å². The summed E-state index contributed by atoms with van der Waals surface area (Å²) in [6.07, 6.45) is 2.10. The lowest BCUT2D eigenvalue weighted by molar-refractivity contribution is 0.298. The molecule has 0 saturated carbocycles. The Bertz CT molecular complexity index is 772. The van der Waals surface area contributed by atoms with Crippen LogP contribution in [-0.4, -0.2) is 16.8 Å². The molecule has 3 aromatic rings. The number of fused-ring (bicyclic) bond motifs is 1. The molecule has 2 aromatic carbocycles. The summed E-state index contributed by atoms with van der Waals surface area (Å²) in [5.74, 6) is 0.599. The molecule has 22 heavy (non-hydrogen) atoms. The fourth-order valence-corrected chi connectivity index (χ4v) is 2.45. The van der Waals surface area contributed by atoms with E-state index in [4.69, 9.17) is 16.3 Å². The van der Waals surface area contributed by atoms with Gasteiger partial charge in [0.1, 0.15) is 5.69 Å². The van der Waals surface area contributed by atoms with Gasteiger partial charge in [-0.3, -0.25) is 0 Å². The first-order valence-corrected chi connectivity index (χ1v) is 7.81. The molecule has 0 radical (unpaired) electrons. The topological polar surface area (TPSA) is 35.0 Å². The SMILES string of the molecule is CCCCOc1nnc(-c2ccc(Cl)cc2)c2ccccc12. The monoisotopic (exact) mass is 312 g/mol. The van der Waals surface area contributed by atoms with Gasteiger partial charge in [0.2, 0.25) is 5.88 Å². The third-order valence-corrected chi connectivity index (χ3v) is 3.76. The zero-order valence-electron chi connectivity index (χ0n) is 12.4. The number of hydrogen-bond donors (Lipinski definition) is 0. The Morgan fingerprint density at radius 3 is 2.41 bits per heavy atom. The molecule has 0 atom stereocenters. The molecule has 0 aliphatic rings. The fraction of sp³-hybridized carbons (Fsp3) is 0.222. The van der Waals surface area contributed by atoms with Crippen LogP contribution in [0.25, 0.3) is 22.0 Å². The maximum atomic E-state index is 5.96. The molecule has 1 aromatic heterocycles. The Balaban J connectivity index is 2.06. The molecule has 0 bridgehead atoms. The number of nitrogens with zero attached hydrogens (tertiary/aromatic N) is 2. The first-order valence-electron chi connectivity index (χ1n) is 7.43. The van der Waals surface area contributed by atoms with Gasteiger partial charge in [0, 0.05) is 21.4 Å². The molecule has 4 heteroatoms. The number of benzene rings is 2. The minimum atomic E-state index is 0.599. The van der Waals surface area contributed by atoms with Gasteiger partial charge in [-0.2, -0.15) is 0 Å². The summed E-state index contributed by atoms with van der Waals surface area (Å²) < 4.78 is 5.77. The van der Waals surface area contributed by atoms with Crippen LogP contribution < -0.4 is 4.74 Å². The van der Waals surface area contributed by atoms with E-state index in [9.17, 15) is 0 Å². The minimum absolute atomic E-state index is 0.599. The molecule has 1 heterocycles. The van der Waals surface area contributed by atoms with Crippen molar-refractivity contribution in [1.82, 2.24) is 10.2 Å². The van der Waals surface area contributed by atoms with Crippen LogP contribution in [0.3, 0.4) is 0 Å². The maximum Gasteiger partial charge on any atom is 0.241 e. The second kappa shape index (κ2) is 6.75. The van der Waals surface area contributed by atoms with Gasteiger partial charge in [0.05, 0.1) is 6.61 Å². The van der Waals surface area contributed by atoms with Gasteiger partial charge in [0.25, 0.3) is 0 Å². The number of halogens is 1. The average Bonchev–Trinajstić information content (AvgIpc) is 2.56. The van der Waals surface area contributed by atoms with Crippen molar-refractivity contribution in [1.29, 1.82) is 0 Å². The van der Waals surface area contributed by atoms with Gasteiger partial charge >= 0.3 is 0 Å². The van der Waals surface area contributed by atoms with Gasteiger partial charge in [0.15, 0.2) is 0 Å². The Hall–Kier alpha value is -2.13. The molecule has 0 N–H and O–H groups in total. The summed E-state index contributed by atoms with van der Waals surface area (Å²) in [5.41, 5.74) is 1.84. The van der Waals surface area contributed by atoms with E-state index < -0.39 is 0 Å². The van der Waals surface area contributed by atoms with E-state index in [0.29, 0.717) is 17.5 Å². The molecule has 3 rings (SSSR count). The van der Waals surface area contributed by atoms with Crippen molar-refractivity contribution in [3.05, 3.63) is 53.6 Å². The van der Waals surface area contributed by atoms with Crippen molar-refractivity contribution in [3.63, 3.8) is 0 Å². The summed E-state index contributed by atoms with van der Waals surface area (Å²) in [6, 6.07) is 15.7. The smallest absolute Gasteiger partial charge is 0.241 e. The zero-order valence-corrected chi connectivity index (χ0v) is 13.2. The highest BCUT2D eigenvalue weighted by molar-refractivity contribution is 6.30. The predicted octanol–water partition coefficient (Wildman–Crippen LogP) is 5.13. The predicted molar refractivity (Wildman–Crippen MR) is 90.4 cm³/mol. The molecule has 0 aliphatic heterocycles. The van der Waals surface area contributed by atoms with E-state index >= 15 is 0 Å². The zero-order chi connectivity index (χ0) is 15.4. The fourth-order valence-electron chi connectivity index (χ4n) is 2.32. The van der Waals surface area contributed by atoms with Crippen molar-refractivity contribution in [3.8, 4) is 17.1 Å². The van der Waals surface area contributed by atoms with Crippen molar-refractivity contribution in [2.45, 2.75) is 19.8 Å². The van der Waals surface area contributed by atoms with E-state index in [-0.39, 0.29) is 0 Å². The van der Waals surface area contributed by atoms with Crippen molar-refractivity contribution in [2.75, 3.05) is 6.61 Å². The van der Waals surface area contributed by atoms with Crippen molar-refractivity contribution < 1.29 is 4.74 Å². The van der Waals surface area contributed by atoms with E-state index in [1.165, 1.54) is 0 Å². The molecule has 112 valence electrons. The van der Waals surface area contributed by atoms with Crippen LogP contribution in [0, 0.1) is 0 Å². The number of aromatic nitrogens is 2. The van der Waals surface area contributed by atoms with E-state index in [1.807, 2.05) is 48.5 Å². The highest BCUT2D eigenvalue weighted by atomic mass is 35.5. The van der Waals surface area contributed by atoms with E-state index in [1.54, 1.807) is 0 Å². The van der Waals surface area contributed by atoms with E-state index in [2.05, 4.69) is 17.1 Å². The van der Waals surface area contributed by atoms with Crippen LogP contribution in [0.15, 0.2) is 48.5 Å². The van der Waals surface area contributed by atoms with Gasteiger partial charge in [-0.25, -0.2) is 0 Å². The molecular formula is C18H17ClN2O. The van der Waals surface area contributed by atoms with E-state index in [0.717, 1.165) is 34.9 Å². The Kier molecular flexibility index (Phi) is 4.54. The minimum Gasteiger partial charge on any atom is -0.476 e. The standard InChI is InChI=1S/C18H17ClN2O/c1-2-3-12-22-18-16-7-5-4-6-15(16)17(20-21-18)13-8-10-14(19)11-9-13/h4-11H,2-3,12H2,1H3. The Morgan fingerprint density at radius 1 is 0.955 bits per heavy atom. The molecule has 0 saturated heterocycles.